The normalized spacial score (nSPS) is 10.2. The SMILES string of the molecule is N#Cc1cc(CNCCc2ccc(F)cc2)ccc1F. The summed E-state index contributed by atoms with van der Waals surface area (Å²) in [5.41, 5.74) is 1.97. The van der Waals surface area contributed by atoms with Crippen LogP contribution >= 0.6 is 0 Å². The molecule has 2 nitrogen and oxygen atoms in total. The molecule has 0 saturated heterocycles. The van der Waals surface area contributed by atoms with E-state index in [1.54, 1.807) is 24.3 Å². The van der Waals surface area contributed by atoms with Crippen molar-refractivity contribution in [3.05, 3.63) is 70.8 Å². The lowest BCUT2D eigenvalue weighted by Crippen LogP contribution is -2.16. The third-order valence-electron chi connectivity index (χ3n) is 2.98. The Hall–Kier alpha value is -2.25. The minimum Gasteiger partial charge on any atom is -0.312 e. The molecule has 0 atom stereocenters. The van der Waals surface area contributed by atoms with Gasteiger partial charge in [-0.15, -0.1) is 0 Å². The minimum absolute atomic E-state index is 0.0582. The lowest BCUT2D eigenvalue weighted by molar-refractivity contribution is 0.620. The molecule has 4 heteroatoms. The van der Waals surface area contributed by atoms with Gasteiger partial charge in [-0.1, -0.05) is 18.2 Å². The van der Waals surface area contributed by atoms with Gasteiger partial charge in [-0.25, -0.2) is 8.78 Å². The zero-order chi connectivity index (χ0) is 14.4. The van der Waals surface area contributed by atoms with E-state index < -0.39 is 5.82 Å². The summed E-state index contributed by atoms with van der Waals surface area (Å²) in [5, 5.41) is 12.0. The van der Waals surface area contributed by atoms with Crippen LogP contribution in [0.25, 0.3) is 0 Å². The highest BCUT2D eigenvalue weighted by atomic mass is 19.1. The molecule has 0 spiro atoms. The maximum Gasteiger partial charge on any atom is 0.140 e. The van der Waals surface area contributed by atoms with Crippen LogP contribution in [0.15, 0.2) is 42.5 Å². The van der Waals surface area contributed by atoms with Crippen LogP contribution in [0.1, 0.15) is 16.7 Å². The first-order valence-corrected chi connectivity index (χ1v) is 6.33. The molecular weight excluding hydrogens is 258 g/mol. The van der Waals surface area contributed by atoms with Crippen molar-refractivity contribution in [1.82, 2.24) is 5.32 Å². The van der Waals surface area contributed by atoms with Gasteiger partial charge in [0.25, 0.3) is 0 Å². The molecule has 102 valence electrons. The molecule has 0 unspecified atom stereocenters. The van der Waals surface area contributed by atoms with Crippen LogP contribution < -0.4 is 5.32 Å². The zero-order valence-electron chi connectivity index (χ0n) is 10.9. The predicted octanol–water partition coefficient (Wildman–Crippen LogP) is 3.17. The molecule has 1 N–H and O–H groups in total. The van der Waals surface area contributed by atoms with Crippen molar-refractivity contribution in [2.75, 3.05) is 6.54 Å². The first-order chi connectivity index (χ1) is 9.69. The lowest BCUT2D eigenvalue weighted by atomic mass is 10.1. The highest BCUT2D eigenvalue weighted by molar-refractivity contribution is 5.34. The van der Waals surface area contributed by atoms with E-state index in [2.05, 4.69) is 5.32 Å². The van der Waals surface area contributed by atoms with Gasteiger partial charge in [-0.3, -0.25) is 0 Å². The van der Waals surface area contributed by atoms with E-state index in [-0.39, 0.29) is 11.4 Å². The summed E-state index contributed by atoms with van der Waals surface area (Å²) >= 11 is 0. The van der Waals surface area contributed by atoms with Crippen LogP contribution in [-0.2, 0) is 13.0 Å². The smallest absolute Gasteiger partial charge is 0.140 e. The van der Waals surface area contributed by atoms with Crippen molar-refractivity contribution >= 4 is 0 Å². The van der Waals surface area contributed by atoms with Crippen molar-refractivity contribution in [3.63, 3.8) is 0 Å². The molecule has 0 aliphatic rings. The van der Waals surface area contributed by atoms with Crippen LogP contribution in [-0.4, -0.2) is 6.54 Å². The molecule has 0 aliphatic heterocycles. The molecule has 2 aromatic rings. The van der Waals surface area contributed by atoms with Crippen molar-refractivity contribution in [1.29, 1.82) is 5.26 Å². The number of nitrogens with one attached hydrogen (secondary N) is 1. The molecule has 20 heavy (non-hydrogen) atoms. The third kappa shape index (κ3) is 3.87. The van der Waals surface area contributed by atoms with E-state index in [1.807, 2.05) is 6.07 Å². The van der Waals surface area contributed by atoms with Gasteiger partial charge in [0, 0.05) is 6.54 Å². The lowest BCUT2D eigenvalue weighted by Gasteiger charge is -2.06. The quantitative estimate of drug-likeness (QED) is 0.849. The Labute approximate surface area is 116 Å². The Morgan fingerprint density at radius 3 is 2.40 bits per heavy atom. The van der Waals surface area contributed by atoms with E-state index in [9.17, 15) is 8.78 Å². The van der Waals surface area contributed by atoms with Crippen molar-refractivity contribution < 1.29 is 8.78 Å². The van der Waals surface area contributed by atoms with Crippen molar-refractivity contribution in [2.45, 2.75) is 13.0 Å². The average Bonchev–Trinajstić information content (AvgIpc) is 2.47. The van der Waals surface area contributed by atoms with E-state index in [0.29, 0.717) is 6.54 Å². The van der Waals surface area contributed by atoms with Crippen LogP contribution in [0.5, 0.6) is 0 Å². The summed E-state index contributed by atoms with van der Waals surface area (Å²) in [6, 6.07) is 12.7. The second-order valence-corrected chi connectivity index (χ2v) is 4.48. The Kier molecular flexibility index (Phi) is 4.80. The van der Waals surface area contributed by atoms with Crippen LogP contribution in [0.4, 0.5) is 8.78 Å². The number of hydrogen-bond acceptors (Lipinski definition) is 2. The molecule has 0 fully saturated rings. The third-order valence-corrected chi connectivity index (χ3v) is 2.98. The standard InChI is InChI=1S/C16H14F2N2/c17-15-4-1-12(2-5-15)7-8-20-11-13-3-6-16(18)14(9-13)10-19/h1-6,9,20H,7-8,11H2. The Balaban J connectivity index is 1.81. The maximum atomic E-state index is 13.1. The highest BCUT2D eigenvalue weighted by Gasteiger charge is 2.02. The summed E-state index contributed by atoms with van der Waals surface area (Å²) < 4.78 is 25.9. The van der Waals surface area contributed by atoms with Gasteiger partial charge in [0.15, 0.2) is 0 Å². The van der Waals surface area contributed by atoms with Crippen molar-refractivity contribution in [2.24, 2.45) is 0 Å². The van der Waals surface area contributed by atoms with E-state index in [4.69, 9.17) is 5.26 Å². The fraction of sp³-hybridized carbons (Fsp3) is 0.188. The summed E-state index contributed by atoms with van der Waals surface area (Å²) in [4.78, 5) is 0. The molecule has 0 amide bonds. The fourth-order valence-electron chi connectivity index (χ4n) is 1.88. The summed E-state index contributed by atoms with van der Waals surface area (Å²) in [6.45, 7) is 1.29. The van der Waals surface area contributed by atoms with Gasteiger partial charge in [-0.05, 0) is 48.4 Å². The van der Waals surface area contributed by atoms with Gasteiger partial charge >= 0.3 is 0 Å². The monoisotopic (exact) mass is 272 g/mol. The predicted molar refractivity (Wildman–Crippen MR) is 72.9 cm³/mol. The van der Waals surface area contributed by atoms with Gasteiger partial charge < -0.3 is 5.32 Å². The molecule has 0 aromatic heterocycles. The number of nitrogens with zero attached hydrogens (tertiary/aromatic N) is 1. The molecule has 0 bridgehead atoms. The Morgan fingerprint density at radius 1 is 1.00 bits per heavy atom. The largest absolute Gasteiger partial charge is 0.312 e. The van der Waals surface area contributed by atoms with E-state index >= 15 is 0 Å². The molecule has 0 aliphatic carbocycles. The zero-order valence-corrected chi connectivity index (χ0v) is 10.9. The molecule has 2 rings (SSSR count). The second-order valence-electron chi connectivity index (χ2n) is 4.48. The maximum absolute atomic E-state index is 13.1. The number of halogens is 2. The Morgan fingerprint density at radius 2 is 1.70 bits per heavy atom. The number of benzene rings is 2. The second kappa shape index (κ2) is 6.78. The average molecular weight is 272 g/mol. The van der Waals surface area contributed by atoms with Gasteiger partial charge in [0.05, 0.1) is 5.56 Å². The fourth-order valence-corrected chi connectivity index (χ4v) is 1.88. The number of nitriles is 1. The first kappa shape index (κ1) is 14.2. The van der Waals surface area contributed by atoms with E-state index in [0.717, 1.165) is 24.1 Å². The summed E-state index contributed by atoms with van der Waals surface area (Å²) in [6.07, 6.45) is 0.784. The molecular formula is C16H14F2N2. The summed E-state index contributed by atoms with van der Waals surface area (Å²) in [5.74, 6) is -0.736. The van der Waals surface area contributed by atoms with Crippen molar-refractivity contribution in [3.8, 4) is 6.07 Å². The first-order valence-electron chi connectivity index (χ1n) is 6.33. The molecule has 0 heterocycles. The molecule has 2 aromatic carbocycles. The number of hydrogen-bond donors (Lipinski definition) is 1. The van der Waals surface area contributed by atoms with E-state index in [1.165, 1.54) is 18.2 Å². The van der Waals surface area contributed by atoms with Gasteiger partial charge in [0.2, 0.25) is 0 Å². The highest BCUT2D eigenvalue weighted by Crippen LogP contribution is 2.09. The molecule has 0 saturated carbocycles. The number of rotatable bonds is 5. The minimum atomic E-state index is -0.498. The topological polar surface area (TPSA) is 35.8 Å². The van der Waals surface area contributed by atoms with Crippen LogP contribution in [0.3, 0.4) is 0 Å². The summed E-state index contributed by atoms with van der Waals surface area (Å²) in [7, 11) is 0. The Bertz CT molecular complexity index is 615. The molecule has 0 radical (unpaired) electrons. The van der Waals surface area contributed by atoms with Crippen LogP contribution in [0.2, 0.25) is 0 Å². The van der Waals surface area contributed by atoms with Crippen LogP contribution in [0, 0.1) is 23.0 Å². The van der Waals surface area contributed by atoms with Gasteiger partial charge in [0.1, 0.15) is 17.7 Å². The van der Waals surface area contributed by atoms with Gasteiger partial charge in [-0.2, -0.15) is 5.26 Å².